The molecule has 4 heteroatoms. The van der Waals surface area contributed by atoms with Gasteiger partial charge in [-0.15, -0.1) is 11.3 Å². The summed E-state index contributed by atoms with van der Waals surface area (Å²) in [6.45, 7) is 9.45. The molecule has 2 rings (SSSR count). The van der Waals surface area contributed by atoms with Gasteiger partial charge in [-0.25, -0.2) is 0 Å². The van der Waals surface area contributed by atoms with Crippen LogP contribution in [0.1, 0.15) is 41.9 Å². The van der Waals surface area contributed by atoms with Crippen LogP contribution in [0.4, 0.5) is 0 Å². The number of ketones is 1. The summed E-state index contributed by atoms with van der Waals surface area (Å²) in [6, 6.07) is 2.02. The second kappa shape index (κ2) is 6.16. The summed E-state index contributed by atoms with van der Waals surface area (Å²) >= 11 is 1.57. The number of rotatable bonds is 5. The van der Waals surface area contributed by atoms with Gasteiger partial charge in [-0.1, -0.05) is 13.3 Å². The number of ether oxygens (including phenoxy) is 1. The lowest BCUT2D eigenvalue weighted by Crippen LogP contribution is -2.56. The van der Waals surface area contributed by atoms with Gasteiger partial charge in [0.15, 0.2) is 5.78 Å². The number of Topliss-reactive ketones (excluding diaryl/α,β-unsaturated/α-hetero) is 1. The predicted molar refractivity (Wildman–Crippen MR) is 79.1 cm³/mol. The van der Waals surface area contributed by atoms with E-state index in [9.17, 15) is 4.79 Å². The van der Waals surface area contributed by atoms with Gasteiger partial charge in [0.1, 0.15) is 0 Å². The van der Waals surface area contributed by atoms with Crippen LogP contribution in [-0.2, 0) is 4.74 Å². The van der Waals surface area contributed by atoms with Crippen LogP contribution in [0.25, 0.3) is 0 Å². The third-order valence-corrected chi connectivity index (χ3v) is 4.94. The van der Waals surface area contributed by atoms with Gasteiger partial charge in [0.05, 0.1) is 23.6 Å². The highest BCUT2D eigenvalue weighted by Gasteiger charge is 2.40. The molecule has 0 bridgehead atoms. The first-order chi connectivity index (χ1) is 9.08. The van der Waals surface area contributed by atoms with E-state index in [1.54, 1.807) is 11.3 Å². The first-order valence-electron chi connectivity index (χ1n) is 7.00. The van der Waals surface area contributed by atoms with Crippen LogP contribution in [0.5, 0.6) is 0 Å². The monoisotopic (exact) mass is 281 g/mol. The van der Waals surface area contributed by atoms with E-state index in [0.29, 0.717) is 0 Å². The van der Waals surface area contributed by atoms with Gasteiger partial charge in [-0.3, -0.25) is 9.69 Å². The Labute approximate surface area is 119 Å². The van der Waals surface area contributed by atoms with Crippen molar-refractivity contribution < 1.29 is 9.53 Å². The second-order valence-corrected chi connectivity index (χ2v) is 6.35. The largest absolute Gasteiger partial charge is 0.379 e. The smallest absolute Gasteiger partial charge is 0.192 e. The summed E-state index contributed by atoms with van der Waals surface area (Å²) in [5.74, 6) is 0.273. The highest BCUT2D eigenvalue weighted by Crippen LogP contribution is 2.29. The average molecular weight is 281 g/mol. The molecule has 0 aromatic carbocycles. The van der Waals surface area contributed by atoms with E-state index < -0.39 is 0 Å². The van der Waals surface area contributed by atoms with Gasteiger partial charge in [-0.05, 0) is 37.3 Å². The fraction of sp³-hybridized carbons (Fsp3) is 0.667. The van der Waals surface area contributed by atoms with Crippen molar-refractivity contribution in [2.45, 2.75) is 39.2 Å². The molecule has 0 spiro atoms. The van der Waals surface area contributed by atoms with Crippen LogP contribution in [0.15, 0.2) is 11.4 Å². The summed E-state index contributed by atoms with van der Waals surface area (Å²) in [4.78, 5) is 16.1. The second-order valence-electron chi connectivity index (χ2n) is 5.44. The quantitative estimate of drug-likeness (QED) is 0.777. The lowest BCUT2D eigenvalue weighted by molar-refractivity contribution is -0.0120. The molecule has 1 aliphatic rings. The summed E-state index contributed by atoms with van der Waals surface area (Å²) < 4.78 is 5.41. The molecule has 0 aliphatic carbocycles. The minimum atomic E-state index is -0.379. The fourth-order valence-electron chi connectivity index (χ4n) is 2.77. The molecule has 1 aromatic heterocycles. The Bertz CT molecular complexity index is 437. The molecule has 2 heterocycles. The van der Waals surface area contributed by atoms with Crippen molar-refractivity contribution in [1.29, 1.82) is 0 Å². The molecule has 1 fully saturated rings. The zero-order valence-corrected chi connectivity index (χ0v) is 12.9. The van der Waals surface area contributed by atoms with Gasteiger partial charge in [0.2, 0.25) is 0 Å². The number of aryl methyl sites for hydroxylation is 1. The molecule has 0 saturated carbocycles. The number of thiophene rings is 1. The Kier molecular flexibility index (Phi) is 4.76. The molecule has 106 valence electrons. The van der Waals surface area contributed by atoms with E-state index in [1.807, 2.05) is 13.0 Å². The Morgan fingerprint density at radius 1 is 1.47 bits per heavy atom. The number of hydrogen-bond donors (Lipinski definition) is 0. The molecule has 0 amide bonds. The van der Waals surface area contributed by atoms with E-state index in [4.69, 9.17) is 4.74 Å². The van der Waals surface area contributed by atoms with Gasteiger partial charge < -0.3 is 4.74 Å². The highest BCUT2D eigenvalue weighted by molar-refractivity contribution is 7.12. The maximum absolute atomic E-state index is 12.9. The molecule has 1 aromatic rings. The predicted octanol–water partition coefficient (Wildman–Crippen LogP) is 3.13. The number of carbonyl (C=O) groups is 1. The lowest BCUT2D eigenvalue weighted by atomic mass is 9.87. The molecule has 1 unspecified atom stereocenters. The first-order valence-corrected chi connectivity index (χ1v) is 7.88. The van der Waals surface area contributed by atoms with Crippen LogP contribution in [0, 0.1) is 6.92 Å². The Balaban J connectivity index is 2.24. The third-order valence-electron chi connectivity index (χ3n) is 3.89. The van der Waals surface area contributed by atoms with Crippen LogP contribution >= 0.6 is 11.3 Å². The van der Waals surface area contributed by atoms with Gasteiger partial charge in [0.25, 0.3) is 0 Å². The normalized spacial score (nSPS) is 20.2. The van der Waals surface area contributed by atoms with E-state index in [2.05, 4.69) is 24.1 Å². The maximum atomic E-state index is 12.9. The number of nitrogens with zero attached hydrogens (tertiary/aromatic N) is 1. The zero-order chi connectivity index (χ0) is 13.9. The van der Waals surface area contributed by atoms with Crippen molar-refractivity contribution in [1.82, 2.24) is 4.90 Å². The number of carbonyl (C=O) groups excluding carboxylic acids is 1. The topological polar surface area (TPSA) is 29.5 Å². The van der Waals surface area contributed by atoms with Gasteiger partial charge in [0, 0.05) is 13.1 Å². The van der Waals surface area contributed by atoms with Gasteiger partial charge in [-0.2, -0.15) is 0 Å². The average Bonchev–Trinajstić information content (AvgIpc) is 2.85. The molecular weight excluding hydrogens is 258 g/mol. The Hall–Kier alpha value is -0.710. The van der Waals surface area contributed by atoms with Crippen molar-refractivity contribution in [3.05, 3.63) is 21.9 Å². The summed E-state index contributed by atoms with van der Waals surface area (Å²) in [5.41, 5.74) is 0.796. The molecule has 3 nitrogen and oxygen atoms in total. The van der Waals surface area contributed by atoms with Crippen molar-refractivity contribution in [2.75, 3.05) is 26.3 Å². The maximum Gasteiger partial charge on any atom is 0.192 e. The van der Waals surface area contributed by atoms with E-state index >= 15 is 0 Å². The van der Waals surface area contributed by atoms with Crippen LogP contribution in [0.3, 0.4) is 0 Å². The lowest BCUT2D eigenvalue weighted by Gasteiger charge is -2.42. The van der Waals surface area contributed by atoms with E-state index in [1.165, 1.54) is 5.56 Å². The molecule has 1 aliphatic heterocycles. The number of hydrogen-bond acceptors (Lipinski definition) is 4. The van der Waals surface area contributed by atoms with Crippen molar-refractivity contribution >= 4 is 17.1 Å². The number of morpholine rings is 1. The van der Waals surface area contributed by atoms with Crippen LogP contribution in [0.2, 0.25) is 0 Å². The summed E-state index contributed by atoms with van der Waals surface area (Å²) in [7, 11) is 0. The molecule has 1 saturated heterocycles. The summed E-state index contributed by atoms with van der Waals surface area (Å²) in [5, 5.41) is 2.05. The molecule has 1 atom stereocenters. The van der Waals surface area contributed by atoms with E-state index in [-0.39, 0.29) is 11.3 Å². The first kappa shape index (κ1) is 14.7. The standard InChI is InChI=1S/C15H23NO2S/c1-4-5-15(3,16-6-8-18-9-7-16)14(17)13-10-12(2)11-19-13/h10-11H,4-9H2,1-3H3. The highest BCUT2D eigenvalue weighted by atomic mass is 32.1. The molecule has 0 radical (unpaired) electrons. The molecule has 19 heavy (non-hydrogen) atoms. The molecule has 0 N–H and O–H groups in total. The zero-order valence-electron chi connectivity index (χ0n) is 12.1. The minimum Gasteiger partial charge on any atom is -0.379 e. The third kappa shape index (κ3) is 3.07. The fourth-order valence-corrected chi connectivity index (χ4v) is 3.74. The van der Waals surface area contributed by atoms with Crippen LogP contribution < -0.4 is 0 Å². The SMILES string of the molecule is CCCC(C)(C(=O)c1cc(C)cs1)N1CCOCC1. The summed E-state index contributed by atoms with van der Waals surface area (Å²) in [6.07, 6.45) is 1.92. The van der Waals surface area contributed by atoms with Crippen LogP contribution in [-0.4, -0.2) is 42.5 Å². The Morgan fingerprint density at radius 3 is 2.68 bits per heavy atom. The molecular formula is C15H23NO2S. The Morgan fingerprint density at radius 2 is 2.16 bits per heavy atom. The van der Waals surface area contributed by atoms with Crippen molar-refractivity contribution in [3.63, 3.8) is 0 Å². The van der Waals surface area contributed by atoms with Crippen molar-refractivity contribution in [3.8, 4) is 0 Å². The van der Waals surface area contributed by atoms with Crippen molar-refractivity contribution in [2.24, 2.45) is 0 Å². The van der Waals surface area contributed by atoms with E-state index in [0.717, 1.165) is 44.0 Å². The minimum absolute atomic E-state index is 0.273. The van der Waals surface area contributed by atoms with Gasteiger partial charge >= 0.3 is 0 Å².